The molecule has 6 aromatic rings. The van der Waals surface area contributed by atoms with Crippen LogP contribution in [-0.2, 0) is 25.7 Å². The number of hydrogen-bond acceptors (Lipinski definition) is 4. The number of fused-ring (bicyclic) bond motifs is 4. The Balaban J connectivity index is 0.000000147. The largest absolute Gasteiger partial charge is 0.451 e. The molecule has 4 heterocycles. The first kappa shape index (κ1) is 39.3. The van der Waals surface area contributed by atoms with Gasteiger partial charge in [-0.2, -0.15) is 0 Å². The monoisotopic (exact) mass is 1030 g/mol. The molecule has 4 aliphatic heterocycles. The summed E-state index contributed by atoms with van der Waals surface area (Å²) < 4.78 is 30.2. The van der Waals surface area contributed by atoms with E-state index in [4.69, 9.17) is 18.9 Å². The summed E-state index contributed by atoms with van der Waals surface area (Å²) in [6.45, 7) is 2.17. The summed E-state index contributed by atoms with van der Waals surface area (Å²) in [6.07, 6.45) is 11.4. The first-order valence-electron chi connectivity index (χ1n) is 21.8. The first-order chi connectivity index (χ1) is 29.4. The van der Waals surface area contributed by atoms with Crippen molar-refractivity contribution >= 4 is 69.0 Å². The lowest BCUT2D eigenvalue weighted by Crippen LogP contribution is -2.62. The van der Waals surface area contributed by atoms with Crippen LogP contribution in [0, 0.1) is 37.7 Å². The second-order valence-corrected chi connectivity index (χ2v) is 22.1. The van der Waals surface area contributed by atoms with Crippen molar-refractivity contribution in [2.24, 2.45) is 23.7 Å². The molecule has 6 aromatic carbocycles. The van der Waals surface area contributed by atoms with Gasteiger partial charge in [0, 0.05) is 29.0 Å². The Morgan fingerprint density at radius 1 is 0.433 bits per heavy atom. The molecule has 0 radical (unpaired) electrons. The van der Waals surface area contributed by atoms with Crippen molar-refractivity contribution in [2.45, 2.75) is 82.7 Å². The van der Waals surface area contributed by atoms with E-state index in [0.29, 0.717) is 23.7 Å². The summed E-state index contributed by atoms with van der Waals surface area (Å²) in [7, 11) is -0.752. The smallest absolute Gasteiger partial charge is 0.257 e. The van der Waals surface area contributed by atoms with Crippen LogP contribution in [0.4, 0.5) is 0 Å². The van der Waals surface area contributed by atoms with Gasteiger partial charge < -0.3 is 18.9 Å². The topological polar surface area (TPSA) is 36.9 Å². The number of aryl methyl sites for hydroxylation is 1. The minimum absolute atomic E-state index is 0.381. The van der Waals surface area contributed by atoms with Gasteiger partial charge in [0.1, 0.15) is 23.0 Å². The summed E-state index contributed by atoms with van der Waals surface area (Å²) in [5.74, 6) is 4.84. The minimum atomic E-state index is -0.752. The van der Waals surface area contributed by atoms with Crippen molar-refractivity contribution in [3.05, 3.63) is 168 Å². The molecule has 2 saturated carbocycles. The third-order valence-electron chi connectivity index (χ3n) is 14.1. The fourth-order valence-electron chi connectivity index (χ4n) is 11.4. The van der Waals surface area contributed by atoms with Crippen LogP contribution >= 0.6 is 53.1 Å². The van der Waals surface area contributed by atoms with Gasteiger partial charge in [0.25, 0.3) is 11.6 Å². The lowest BCUT2D eigenvalue weighted by molar-refractivity contribution is -0.226. The zero-order valence-electron chi connectivity index (χ0n) is 33.9. The molecule has 60 heavy (non-hydrogen) atoms. The maximum absolute atomic E-state index is 7.29. The number of hydrogen-bond donors (Lipinski definition) is 0. The number of para-hydroxylation sites is 4. The summed E-state index contributed by atoms with van der Waals surface area (Å²) >= 11 is 4.78. The number of halogens is 2. The normalized spacial score (nSPS) is 26.4. The van der Waals surface area contributed by atoms with Gasteiger partial charge in [-0.15, -0.1) is 0 Å². The van der Waals surface area contributed by atoms with E-state index < -0.39 is 19.5 Å². The minimum Gasteiger partial charge on any atom is -0.451 e. The van der Waals surface area contributed by atoms with E-state index in [2.05, 4.69) is 186 Å². The zero-order valence-corrected chi connectivity index (χ0v) is 39.1. The van der Waals surface area contributed by atoms with Gasteiger partial charge in [-0.05, 0) is 162 Å². The second-order valence-electron chi connectivity index (χ2n) is 17.6. The Hall–Kier alpha value is -3.59. The van der Waals surface area contributed by atoms with Crippen molar-refractivity contribution in [3.8, 4) is 23.0 Å². The van der Waals surface area contributed by atoms with Crippen LogP contribution < -0.4 is 34.9 Å². The molecular formula is C53H49I2O4P. The van der Waals surface area contributed by atoms with Crippen LogP contribution in [0.1, 0.15) is 66.3 Å². The molecule has 6 aliphatic rings. The van der Waals surface area contributed by atoms with Crippen LogP contribution in [0.15, 0.2) is 133 Å². The predicted octanol–water partition coefficient (Wildman–Crippen LogP) is 12.0. The third-order valence-corrected chi connectivity index (χ3v) is 18.3. The average molecular weight is 1030 g/mol. The Morgan fingerprint density at radius 3 is 1.30 bits per heavy atom. The van der Waals surface area contributed by atoms with Gasteiger partial charge in [0.15, 0.2) is 0 Å². The quantitative estimate of drug-likeness (QED) is 0.131. The summed E-state index contributed by atoms with van der Waals surface area (Å²) in [4.78, 5) is 0. The first-order valence-corrected chi connectivity index (χ1v) is 25.3. The molecule has 7 heteroatoms. The number of ether oxygens (including phenoxy) is 4. The average Bonchev–Trinajstić information content (AvgIpc) is 3.27. The van der Waals surface area contributed by atoms with E-state index in [1.165, 1.54) is 76.6 Å². The van der Waals surface area contributed by atoms with Crippen LogP contribution in [-0.4, -0.2) is 11.6 Å². The van der Waals surface area contributed by atoms with E-state index in [0.717, 1.165) is 61.5 Å². The van der Waals surface area contributed by atoms with Crippen molar-refractivity contribution in [1.29, 1.82) is 0 Å². The molecule has 4 nitrogen and oxygen atoms in total. The number of rotatable bonds is 3. The highest BCUT2D eigenvalue weighted by atomic mass is 127. The predicted molar refractivity (Wildman–Crippen MR) is 259 cm³/mol. The van der Waals surface area contributed by atoms with Crippen molar-refractivity contribution in [1.82, 2.24) is 0 Å². The molecular weight excluding hydrogens is 985 g/mol. The van der Waals surface area contributed by atoms with Gasteiger partial charge in [-0.1, -0.05) is 134 Å². The summed E-state index contributed by atoms with van der Waals surface area (Å²) in [6, 6.07) is 48.2. The molecule has 0 amide bonds. The molecule has 5 atom stereocenters. The fourth-order valence-corrected chi connectivity index (χ4v) is 15.1. The van der Waals surface area contributed by atoms with Crippen LogP contribution in [0.5, 0.6) is 23.0 Å². The molecule has 0 unspecified atom stereocenters. The van der Waals surface area contributed by atoms with Gasteiger partial charge in [0.2, 0.25) is 0 Å². The Morgan fingerprint density at radius 2 is 0.817 bits per heavy atom. The molecule has 0 saturated heterocycles. The van der Waals surface area contributed by atoms with E-state index in [1.807, 2.05) is 0 Å². The number of benzene rings is 6. The lowest BCUT2D eigenvalue weighted by atomic mass is 9.68. The van der Waals surface area contributed by atoms with E-state index in [1.54, 1.807) is 0 Å². The summed E-state index contributed by atoms with van der Waals surface area (Å²) in [5, 5.41) is 4.00. The van der Waals surface area contributed by atoms with Crippen LogP contribution in [0.3, 0.4) is 0 Å². The van der Waals surface area contributed by atoms with Gasteiger partial charge in [0.05, 0.1) is 7.14 Å². The fraction of sp³-hybridized carbons (Fsp3) is 0.321. The Labute approximate surface area is 382 Å². The van der Waals surface area contributed by atoms with Gasteiger partial charge in [-0.3, -0.25) is 0 Å². The lowest BCUT2D eigenvalue weighted by Gasteiger charge is -2.54. The standard InChI is InChI=1S/C33H31O2P.C20H18I2O2/c1-23-11-8-12-24-21-26-14-10-15-27-22-25-13-9-20-30(32(25)35-33(26,27)34-31(23)24)36(28-16-4-2-5-17-28)29-18-6-3-7-19-29;21-16-8-1-4-12-10-14-6-3-7-15-11-13-5-2-9-17(22)19(13)24-20(14,15)23-18(12)16/h2-9,11-13,16-20,26-27H,10,14-15,21-22H2,1H3;1-2,4-5,8-9,14-15H,3,6-7,10-11H2/t26-,27-,33-;14-,15-,20?/m11/s1. The maximum Gasteiger partial charge on any atom is 0.257 e. The van der Waals surface area contributed by atoms with Crippen LogP contribution in [0.25, 0.3) is 0 Å². The maximum atomic E-state index is 7.29. The van der Waals surface area contributed by atoms with Crippen molar-refractivity contribution in [2.75, 3.05) is 0 Å². The Kier molecular flexibility index (Phi) is 10.4. The van der Waals surface area contributed by atoms with Crippen molar-refractivity contribution < 1.29 is 18.9 Å². The SMILES string of the molecule is Cc1cccc2c1O[C@]13Oc4c(cccc4P(c4ccccc4)c4ccccc4)C[C@H]1CCC[C@@H]3C2.Ic1cccc2c1OC13Oc4c(I)cccc4C[C@H]1CCC[C@@H]3C2. The zero-order chi connectivity index (χ0) is 40.4. The van der Waals surface area contributed by atoms with Crippen LogP contribution in [0.2, 0.25) is 0 Å². The van der Waals surface area contributed by atoms with Gasteiger partial charge in [-0.25, -0.2) is 0 Å². The van der Waals surface area contributed by atoms with E-state index in [9.17, 15) is 0 Å². The summed E-state index contributed by atoms with van der Waals surface area (Å²) in [5.41, 5.74) is 6.57. The second kappa shape index (κ2) is 16.0. The molecule has 2 aliphatic carbocycles. The molecule has 2 fully saturated rings. The molecule has 0 N–H and O–H groups in total. The van der Waals surface area contributed by atoms with E-state index >= 15 is 0 Å². The highest BCUT2D eigenvalue weighted by Gasteiger charge is 2.58. The highest BCUT2D eigenvalue weighted by Crippen LogP contribution is 2.56. The molecule has 304 valence electrons. The highest BCUT2D eigenvalue weighted by molar-refractivity contribution is 14.1. The van der Waals surface area contributed by atoms with Gasteiger partial charge >= 0.3 is 0 Å². The van der Waals surface area contributed by atoms with E-state index in [-0.39, 0.29) is 0 Å². The molecule has 0 aromatic heterocycles. The molecule has 0 bridgehead atoms. The van der Waals surface area contributed by atoms with Crippen molar-refractivity contribution in [3.63, 3.8) is 0 Å². The Bertz CT molecular complexity index is 2460. The third kappa shape index (κ3) is 6.68. The molecule has 2 spiro atoms. The molecule has 12 rings (SSSR count).